The Labute approximate surface area is 136 Å². The number of hydrogen-bond acceptors (Lipinski definition) is 5. The minimum Gasteiger partial charge on any atom is -0.478 e. The zero-order chi connectivity index (χ0) is 17.2. The van der Waals surface area contributed by atoms with E-state index in [1.54, 1.807) is 0 Å². The number of sulfonamides is 1. The zero-order valence-electron chi connectivity index (χ0n) is 13.2. The second-order valence-corrected chi connectivity index (χ2v) is 7.30. The van der Waals surface area contributed by atoms with Crippen molar-refractivity contribution in [2.45, 2.75) is 31.3 Å². The number of primary sulfonamides is 1. The molecule has 0 radical (unpaired) electrons. The van der Waals surface area contributed by atoms with Crippen molar-refractivity contribution in [1.82, 2.24) is 0 Å². The number of carboxylic acids is 1. The summed E-state index contributed by atoms with van der Waals surface area (Å²) >= 11 is 0. The molecular formula is C15H22N2O5S. The largest absolute Gasteiger partial charge is 0.478 e. The Hall–Kier alpha value is -1.64. The van der Waals surface area contributed by atoms with Crippen LogP contribution < -0.4 is 10.0 Å². The van der Waals surface area contributed by atoms with Gasteiger partial charge in [-0.3, -0.25) is 0 Å². The van der Waals surface area contributed by atoms with Gasteiger partial charge in [0, 0.05) is 19.7 Å². The van der Waals surface area contributed by atoms with E-state index in [1.165, 1.54) is 12.1 Å². The standard InChI is InChI=1S/C15H22N2O5S/c1-3-22-14-6-7-17(9-10(14)2)13-5-4-11(23(16,20)21)8-12(13)15(18)19/h4-5,8,10,14H,3,6-7,9H2,1-2H3,(H,18,19)(H2,16,20,21). The third-order valence-corrected chi connectivity index (χ3v) is 4.99. The molecule has 0 aromatic heterocycles. The molecule has 2 rings (SSSR count). The third kappa shape index (κ3) is 4.01. The Morgan fingerprint density at radius 3 is 2.70 bits per heavy atom. The molecule has 1 aliphatic heterocycles. The van der Waals surface area contributed by atoms with Crippen LogP contribution in [0.25, 0.3) is 0 Å². The van der Waals surface area contributed by atoms with Crippen LogP contribution in [0.3, 0.4) is 0 Å². The molecule has 1 fully saturated rings. The maximum atomic E-state index is 11.5. The summed E-state index contributed by atoms with van der Waals surface area (Å²) in [6, 6.07) is 3.97. The molecule has 128 valence electrons. The van der Waals surface area contributed by atoms with Crippen molar-refractivity contribution in [2.24, 2.45) is 11.1 Å². The maximum absolute atomic E-state index is 11.5. The second kappa shape index (κ2) is 6.86. The Kier molecular flexibility index (Phi) is 5.28. The molecule has 0 spiro atoms. The number of aromatic carboxylic acids is 1. The smallest absolute Gasteiger partial charge is 0.337 e. The molecule has 23 heavy (non-hydrogen) atoms. The number of carbonyl (C=O) groups is 1. The van der Waals surface area contributed by atoms with Crippen LogP contribution in [0.4, 0.5) is 5.69 Å². The minimum absolute atomic E-state index is 0.0569. The topological polar surface area (TPSA) is 110 Å². The first kappa shape index (κ1) is 17.7. The number of piperidine rings is 1. The number of anilines is 1. The van der Waals surface area contributed by atoms with Gasteiger partial charge in [0.05, 0.1) is 22.3 Å². The zero-order valence-corrected chi connectivity index (χ0v) is 14.0. The second-order valence-electron chi connectivity index (χ2n) is 5.73. The highest BCUT2D eigenvalue weighted by Crippen LogP contribution is 2.29. The number of nitrogens with two attached hydrogens (primary N) is 1. The number of nitrogens with zero attached hydrogens (tertiary/aromatic N) is 1. The average Bonchev–Trinajstić information content (AvgIpc) is 2.48. The predicted octanol–water partition coefficient (Wildman–Crippen LogP) is 1.28. The third-order valence-electron chi connectivity index (χ3n) is 4.07. The van der Waals surface area contributed by atoms with E-state index in [1.807, 2.05) is 11.8 Å². The minimum atomic E-state index is -3.94. The Bertz CT molecular complexity index is 689. The van der Waals surface area contributed by atoms with Gasteiger partial charge in [-0.25, -0.2) is 18.4 Å². The number of rotatable bonds is 5. The Balaban J connectivity index is 2.31. The lowest BCUT2D eigenvalue weighted by Gasteiger charge is -2.38. The van der Waals surface area contributed by atoms with Gasteiger partial charge < -0.3 is 14.7 Å². The molecule has 1 aromatic carbocycles. The molecule has 0 amide bonds. The van der Waals surface area contributed by atoms with Gasteiger partial charge >= 0.3 is 5.97 Å². The lowest BCUT2D eigenvalue weighted by molar-refractivity contribution is 0.0135. The highest BCUT2D eigenvalue weighted by molar-refractivity contribution is 7.89. The first-order valence-electron chi connectivity index (χ1n) is 7.50. The highest BCUT2D eigenvalue weighted by atomic mass is 32.2. The first-order valence-corrected chi connectivity index (χ1v) is 9.05. The van der Waals surface area contributed by atoms with Crippen molar-refractivity contribution in [3.05, 3.63) is 23.8 Å². The van der Waals surface area contributed by atoms with Crippen LogP contribution in [0.5, 0.6) is 0 Å². The van der Waals surface area contributed by atoms with Crippen molar-refractivity contribution < 1.29 is 23.1 Å². The van der Waals surface area contributed by atoms with E-state index in [0.29, 0.717) is 25.4 Å². The van der Waals surface area contributed by atoms with Crippen LogP contribution in [0.2, 0.25) is 0 Å². The molecule has 1 aliphatic rings. The number of carboxylic acid groups (broad SMARTS) is 1. The molecule has 1 aromatic rings. The van der Waals surface area contributed by atoms with E-state index in [0.717, 1.165) is 12.5 Å². The van der Waals surface area contributed by atoms with E-state index in [9.17, 15) is 18.3 Å². The van der Waals surface area contributed by atoms with Gasteiger partial charge in [0.15, 0.2) is 0 Å². The fourth-order valence-corrected chi connectivity index (χ4v) is 3.48. The summed E-state index contributed by atoms with van der Waals surface area (Å²) in [7, 11) is -3.94. The van der Waals surface area contributed by atoms with Crippen molar-refractivity contribution in [3.63, 3.8) is 0 Å². The van der Waals surface area contributed by atoms with Crippen molar-refractivity contribution >= 4 is 21.7 Å². The molecule has 3 N–H and O–H groups in total. The number of ether oxygens (including phenoxy) is 1. The van der Waals surface area contributed by atoms with Gasteiger partial charge in [-0.15, -0.1) is 0 Å². The van der Waals surface area contributed by atoms with Crippen molar-refractivity contribution in [1.29, 1.82) is 0 Å². The molecule has 0 saturated carbocycles. The Morgan fingerprint density at radius 2 is 2.17 bits per heavy atom. The molecule has 7 nitrogen and oxygen atoms in total. The van der Waals surface area contributed by atoms with Crippen molar-refractivity contribution in [3.8, 4) is 0 Å². The van der Waals surface area contributed by atoms with Crippen LogP contribution in [0.15, 0.2) is 23.1 Å². The van der Waals surface area contributed by atoms with Crippen LogP contribution in [0, 0.1) is 5.92 Å². The highest BCUT2D eigenvalue weighted by Gasteiger charge is 2.29. The fourth-order valence-electron chi connectivity index (χ4n) is 2.94. The van der Waals surface area contributed by atoms with E-state index >= 15 is 0 Å². The average molecular weight is 342 g/mol. The SMILES string of the molecule is CCOC1CCN(c2ccc(S(N)(=O)=O)cc2C(=O)O)CC1C. The molecule has 2 atom stereocenters. The molecule has 0 aliphatic carbocycles. The van der Waals surface area contributed by atoms with E-state index in [4.69, 9.17) is 9.88 Å². The summed E-state index contributed by atoms with van der Waals surface area (Å²) in [4.78, 5) is 13.3. The monoisotopic (exact) mass is 342 g/mol. The summed E-state index contributed by atoms with van der Waals surface area (Å²) in [5, 5.41) is 14.5. The van der Waals surface area contributed by atoms with Gasteiger partial charge in [-0.05, 0) is 37.5 Å². The fraction of sp³-hybridized carbons (Fsp3) is 0.533. The molecule has 0 bridgehead atoms. The van der Waals surface area contributed by atoms with Gasteiger partial charge in [0.25, 0.3) is 0 Å². The predicted molar refractivity (Wildman–Crippen MR) is 86.2 cm³/mol. The quantitative estimate of drug-likeness (QED) is 0.834. The van der Waals surface area contributed by atoms with Gasteiger partial charge in [-0.1, -0.05) is 6.92 Å². The van der Waals surface area contributed by atoms with Gasteiger partial charge in [0.2, 0.25) is 10.0 Å². The summed E-state index contributed by atoms with van der Waals surface area (Å²) < 4.78 is 28.5. The van der Waals surface area contributed by atoms with E-state index < -0.39 is 16.0 Å². The summed E-state index contributed by atoms with van der Waals surface area (Å²) in [5.41, 5.74) is 0.449. The molecule has 1 heterocycles. The van der Waals surface area contributed by atoms with Crippen LogP contribution in [-0.4, -0.2) is 45.3 Å². The van der Waals surface area contributed by atoms with Gasteiger partial charge in [0.1, 0.15) is 0 Å². The summed E-state index contributed by atoms with van der Waals surface area (Å²) in [5.74, 6) is -0.923. The Morgan fingerprint density at radius 1 is 1.48 bits per heavy atom. The molecule has 8 heteroatoms. The summed E-state index contributed by atoms with van der Waals surface area (Å²) in [6.45, 7) is 5.97. The lowest BCUT2D eigenvalue weighted by Crippen LogP contribution is -2.43. The molecule has 2 unspecified atom stereocenters. The maximum Gasteiger partial charge on any atom is 0.337 e. The van der Waals surface area contributed by atoms with E-state index in [-0.39, 0.29) is 22.5 Å². The number of benzene rings is 1. The lowest BCUT2D eigenvalue weighted by atomic mass is 9.95. The van der Waals surface area contributed by atoms with E-state index in [2.05, 4.69) is 6.92 Å². The van der Waals surface area contributed by atoms with Gasteiger partial charge in [-0.2, -0.15) is 0 Å². The summed E-state index contributed by atoms with van der Waals surface area (Å²) in [6.07, 6.45) is 0.957. The van der Waals surface area contributed by atoms with Crippen LogP contribution in [-0.2, 0) is 14.8 Å². The molecule has 1 saturated heterocycles. The normalized spacial score (nSPS) is 22.1. The van der Waals surface area contributed by atoms with Crippen LogP contribution >= 0.6 is 0 Å². The van der Waals surface area contributed by atoms with Crippen LogP contribution in [0.1, 0.15) is 30.6 Å². The van der Waals surface area contributed by atoms with Crippen molar-refractivity contribution in [2.75, 3.05) is 24.6 Å². The first-order chi connectivity index (χ1) is 10.7. The number of hydrogen-bond donors (Lipinski definition) is 2. The molecular weight excluding hydrogens is 320 g/mol.